The molecule has 14 heavy (non-hydrogen) atoms. The van der Waals surface area contributed by atoms with Crippen LogP contribution in [0.1, 0.15) is 18.4 Å². The molecule has 2 heteroatoms. The number of fused-ring (bicyclic) bond motifs is 1. The van der Waals surface area contributed by atoms with Crippen LogP contribution in [0.3, 0.4) is 0 Å². The number of nitrogens with zero attached hydrogens (tertiary/aromatic N) is 2. The van der Waals surface area contributed by atoms with E-state index in [2.05, 4.69) is 34.3 Å². The quantitative estimate of drug-likeness (QED) is 0.665. The first-order valence-electron chi connectivity index (χ1n) is 5.55. The van der Waals surface area contributed by atoms with Gasteiger partial charge in [-0.15, -0.1) is 0 Å². The van der Waals surface area contributed by atoms with Crippen LogP contribution in [-0.2, 0) is 6.42 Å². The van der Waals surface area contributed by atoms with Crippen LogP contribution in [0.2, 0.25) is 0 Å². The third-order valence-electron chi connectivity index (χ3n) is 3.29. The molecule has 2 heterocycles. The standard InChI is InChI=1S/C12H16N2/c1-2-6-12-11(5-1)7-10-14(12)13-8-3-4-9-13/h1-2,5-6H,3-4,7-10H2. The lowest BCUT2D eigenvalue weighted by atomic mass is 10.2. The fraction of sp³-hybridized carbons (Fsp3) is 0.500. The second-order valence-corrected chi connectivity index (χ2v) is 4.16. The van der Waals surface area contributed by atoms with Crippen LogP contribution in [-0.4, -0.2) is 24.6 Å². The zero-order valence-electron chi connectivity index (χ0n) is 8.45. The van der Waals surface area contributed by atoms with Gasteiger partial charge in [0.05, 0.1) is 5.69 Å². The minimum Gasteiger partial charge on any atom is -0.305 e. The number of hydrogen-bond acceptors (Lipinski definition) is 2. The maximum Gasteiger partial charge on any atom is 0.0554 e. The van der Waals surface area contributed by atoms with Gasteiger partial charge in [-0.25, -0.2) is 5.01 Å². The van der Waals surface area contributed by atoms with Crippen molar-refractivity contribution < 1.29 is 0 Å². The van der Waals surface area contributed by atoms with Crippen LogP contribution in [0.5, 0.6) is 0 Å². The minimum absolute atomic E-state index is 1.18. The lowest BCUT2D eigenvalue weighted by molar-refractivity contribution is 0.315. The van der Waals surface area contributed by atoms with Gasteiger partial charge in [-0.2, -0.15) is 0 Å². The van der Waals surface area contributed by atoms with Crippen molar-refractivity contribution in [3.05, 3.63) is 29.8 Å². The molecule has 0 saturated carbocycles. The third kappa shape index (κ3) is 1.22. The number of benzene rings is 1. The van der Waals surface area contributed by atoms with Gasteiger partial charge in [0.15, 0.2) is 0 Å². The molecule has 2 aliphatic rings. The monoisotopic (exact) mass is 188 g/mol. The average molecular weight is 188 g/mol. The van der Waals surface area contributed by atoms with Gasteiger partial charge in [-0.1, -0.05) is 18.2 Å². The topological polar surface area (TPSA) is 6.48 Å². The summed E-state index contributed by atoms with van der Waals surface area (Å²) in [6.45, 7) is 3.67. The van der Waals surface area contributed by atoms with E-state index in [0.717, 1.165) is 0 Å². The van der Waals surface area contributed by atoms with Crippen LogP contribution in [0.15, 0.2) is 24.3 Å². The smallest absolute Gasteiger partial charge is 0.0554 e. The molecule has 1 aromatic carbocycles. The van der Waals surface area contributed by atoms with Crippen LogP contribution >= 0.6 is 0 Å². The van der Waals surface area contributed by atoms with Crippen molar-refractivity contribution in [2.45, 2.75) is 19.3 Å². The molecule has 0 N–H and O–H groups in total. The Balaban J connectivity index is 1.89. The molecule has 0 bridgehead atoms. The van der Waals surface area contributed by atoms with E-state index in [4.69, 9.17) is 0 Å². The first-order chi connectivity index (χ1) is 6.95. The Morgan fingerprint density at radius 2 is 1.71 bits per heavy atom. The van der Waals surface area contributed by atoms with Gasteiger partial charge in [0.2, 0.25) is 0 Å². The summed E-state index contributed by atoms with van der Waals surface area (Å²) in [5.41, 5.74) is 2.95. The molecule has 3 rings (SSSR count). The van der Waals surface area contributed by atoms with Gasteiger partial charge in [0.1, 0.15) is 0 Å². The van der Waals surface area contributed by atoms with Crippen molar-refractivity contribution in [1.29, 1.82) is 0 Å². The number of anilines is 1. The van der Waals surface area contributed by atoms with Crippen LogP contribution in [0.4, 0.5) is 5.69 Å². The molecule has 2 aliphatic heterocycles. The van der Waals surface area contributed by atoms with Crippen molar-refractivity contribution in [2.75, 3.05) is 24.6 Å². The number of hydrogen-bond donors (Lipinski definition) is 0. The molecule has 0 radical (unpaired) electrons. The molecule has 1 aromatic rings. The Morgan fingerprint density at radius 3 is 2.57 bits per heavy atom. The predicted molar refractivity (Wildman–Crippen MR) is 58.3 cm³/mol. The van der Waals surface area contributed by atoms with Gasteiger partial charge in [0, 0.05) is 19.6 Å². The summed E-state index contributed by atoms with van der Waals surface area (Å²) in [6.07, 6.45) is 3.93. The van der Waals surface area contributed by atoms with Crippen LogP contribution in [0.25, 0.3) is 0 Å². The van der Waals surface area contributed by atoms with Crippen molar-refractivity contribution in [3.63, 3.8) is 0 Å². The molecule has 1 saturated heterocycles. The largest absolute Gasteiger partial charge is 0.305 e. The summed E-state index contributed by atoms with van der Waals surface area (Å²) in [7, 11) is 0. The summed E-state index contributed by atoms with van der Waals surface area (Å²) in [6, 6.07) is 8.80. The Morgan fingerprint density at radius 1 is 0.929 bits per heavy atom. The highest BCUT2D eigenvalue weighted by Gasteiger charge is 2.25. The number of para-hydroxylation sites is 1. The summed E-state index contributed by atoms with van der Waals surface area (Å²) < 4.78 is 0. The molecule has 0 aromatic heterocycles. The maximum absolute atomic E-state index is 2.51. The van der Waals surface area contributed by atoms with E-state index in [1.54, 1.807) is 0 Å². The van der Waals surface area contributed by atoms with Gasteiger partial charge < -0.3 is 5.01 Å². The first kappa shape index (κ1) is 8.30. The van der Waals surface area contributed by atoms with E-state index in [0.29, 0.717) is 0 Å². The van der Waals surface area contributed by atoms with Gasteiger partial charge in [-0.3, -0.25) is 0 Å². The summed E-state index contributed by atoms with van der Waals surface area (Å²) in [5, 5.41) is 4.98. The SMILES string of the molecule is c1ccc2c(c1)CCN2N1CCCC1. The lowest BCUT2D eigenvalue weighted by Gasteiger charge is -2.29. The maximum atomic E-state index is 2.51. The average Bonchev–Trinajstić information content (AvgIpc) is 2.85. The Bertz CT molecular complexity index is 329. The van der Waals surface area contributed by atoms with Gasteiger partial charge >= 0.3 is 0 Å². The molecule has 2 nitrogen and oxygen atoms in total. The molecule has 1 fully saturated rings. The van der Waals surface area contributed by atoms with E-state index in [1.807, 2.05) is 0 Å². The van der Waals surface area contributed by atoms with Crippen molar-refractivity contribution in [3.8, 4) is 0 Å². The number of rotatable bonds is 1. The Kier molecular flexibility index (Phi) is 1.95. The van der Waals surface area contributed by atoms with E-state index in [-0.39, 0.29) is 0 Å². The highest BCUT2D eigenvalue weighted by molar-refractivity contribution is 5.56. The molecular formula is C12H16N2. The second kappa shape index (κ2) is 3.28. The second-order valence-electron chi connectivity index (χ2n) is 4.16. The lowest BCUT2D eigenvalue weighted by Crippen LogP contribution is -2.39. The molecular weight excluding hydrogens is 172 g/mol. The van der Waals surface area contributed by atoms with Crippen molar-refractivity contribution in [2.24, 2.45) is 0 Å². The zero-order valence-corrected chi connectivity index (χ0v) is 8.45. The summed E-state index contributed by atoms with van der Waals surface area (Å²) >= 11 is 0. The number of hydrazine groups is 1. The first-order valence-corrected chi connectivity index (χ1v) is 5.55. The molecule has 0 amide bonds. The Hall–Kier alpha value is -1.02. The summed E-state index contributed by atoms with van der Waals surface area (Å²) in [4.78, 5) is 0. The Labute approximate surface area is 85.1 Å². The highest BCUT2D eigenvalue weighted by atomic mass is 15.6. The fourth-order valence-corrected chi connectivity index (χ4v) is 2.56. The van der Waals surface area contributed by atoms with E-state index >= 15 is 0 Å². The molecule has 0 spiro atoms. The van der Waals surface area contributed by atoms with Gasteiger partial charge in [-0.05, 0) is 30.9 Å². The third-order valence-corrected chi connectivity index (χ3v) is 3.29. The van der Waals surface area contributed by atoms with Crippen molar-refractivity contribution in [1.82, 2.24) is 5.01 Å². The normalized spacial score (nSPS) is 21.6. The van der Waals surface area contributed by atoms with E-state index in [1.165, 1.54) is 50.1 Å². The van der Waals surface area contributed by atoms with Crippen LogP contribution < -0.4 is 5.01 Å². The predicted octanol–water partition coefficient (Wildman–Crippen LogP) is 2.06. The minimum atomic E-state index is 1.18. The fourth-order valence-electron chi connectivity index (χ4n) is 2.56. The molecule has 0 aliphatic carbocycles. The zero-order chi connectivity index (χ0) is 9.38. The molecule has 74 valence electrons. The highest BCUT2D eigenvalue weighted by Crippen LogP contribution is 2.30. The molecule has 0 atom stereocenters. The van der Waals surface area contributed by atoms with E-state index in [9.17, 15) is 0 Å². The van der Waals surface area contributed by atoms with Crippen LogP contribution in [0, 0.1) is 0 Å². The van der Waals surface area contributed by atoms with Crippen molar-refractivity contribution >= 4 is 5.69 Å². The summed E-state index contributed by atoms with van der Waals surface area (Å²) in [5.74, 6) is 0. The van der Waals surface area contributed by atoms with Gasteiger partial charge in [0.25, 0.3) is 0 Å². The molecule has 0 unspecified atom stereocenters. The van der Waals surface area contributed by atoms with E-state index < -0.39 is 0 Å².